The van der Waals surface area contributed by atoms with E-state index in [9.17, 15) is 27.7 Å². The Morgan fingerprint density at radius 3 is 2.59 bits per heavy atom. The molecule has 0 aromatic heterocycles. The highest BCUT2D eigenvalue weighted by atomic mass is 32.2. The van der Waals surface area contributed by atoms with Crippen molar-refractivity contribution in [1.82, 2.24) is 9.62 Å². The fourth-order valence-electron chi connectivity index (χ4n) is 3.25. The van der Waals surface area contributed by atoms with E-state index in [-0.39, 0.29) is 41.2 Å². The molecule has 1 heterocycles. The first-order valence-electron chi connectivity index (χ1n) is 8.92. The molecule has 1 unspecified atom stereocenters. The third-order valence-electron chi connectivity index (χ3n) is 4.82. The van der Waals surface area contributed by atoms with Crippen LogP contribution in [0.25, 0.3) is 0 Å². The first-order chi connectivity index (χ1) is 13.7. The molecule has 0 aliphatic carbocycles. The zero-order chi connectivity index (χ0) is 21.2. The number of sulfonamides is 1. The normalized spacial score (nSPS) is 17.0. The van der Waals surface area contributed by atoms with E-state index in [4.69, 9.17) is 0 Å². The highest BCUT2D eigenvalue weighted by Crippen LogP contribution is 2.23. The molecule has 1 aliphatic rings. The molecule has 10 heteroatoms. The predicted octanol–water partition coefficient (Wildman–Crippen LogP) is 2.37. The van der Waals surface area contributed by atoms with Gasteiger partial charge in [0.1, 0.15) is 5.82 Å². The van der Waals surface area contributed by atoms with Gasteiger partial charge in [-0.15, -0.1) is 0 Å². The van der Waals surface area contributed by atoms with Crippen molar-refractivity contribution >= 4 is 21.6 Å². The molecule has 3 rings (SSSR count). The summed E-state index contributed by atoms with van der Waals surface area (Å²) in [5.41, 5.74) is 0.870. The smallest absolute Gasteiger partial charge is 0.270 e. The van der Waals surface area contributed by atoms with E-state index < -0.39 is 14.9 Å². The third kappa shape index (κ3) is 4.96. The molecule has 1 N–H and O–H groups in total. The average molecular weight is 421 g/mol. The molecule has 0 radical (unpaired) electrons. The minimum atomic E-state index is -3.96. The lowest BCUT2D eigenvalue weighted by molar-refractivity contribution is -0.385. The Bertz CT molecular complexity index is 1040. The number of nitrogens with one attached hydrogen (secondary N) is 1. The van der Waals surface area contributed by atoms with Gasteiger partial charge >= 0.3 is 0 Å². The van der Waals surface area contributed by atoms with Crippen LogP contribution in [0, 0.1) is 28.8 Å². The second-order valence-electron chi connectivity index (χ2n) is 7.03. The molecule has 8 nitrogen and oxygen atoms in total. The van der Waals surface area contributed by atoms with Crippen molar-refractivity contribution in [1.29, 1.82) is 0 Å². The lowest BCUT2D eigenvalue weighted by atomic mass is 10.1. The fourth-order valence-corrected chi connectivity index (χ4v) is 4.63. The topological polar surface area (TPSA) is 110 Å². The van der Waals surface area contributed by atoms with E-state index in [0.29, 0.717) is 18.7 Å². The Balaban J connectivity index is 1.64. The number of benzene rings is 2. The Hall–Kier alpha value is -2.85. The summed E-state index contributed by atoms with van der Waals surface area (Å²) in [6, 6.07) is 9.51. The van der Waals surface area contributed by atoms with Crippen molar-refractivity contribution in [2.75, 3.05) is 13.1 Å². The molecule has 29 heavy (non-hydrogen) atoms. The first kappa shape index (κ1) is 20.9. The lowest BCUT2D eigenvalue weighted by Crippen LogP contribution is -2.31. The van der Waals surface area contributed by atoms with Crippen LogP contribution in [0.3, 0.4) is 0 Å². The lowest BCUT2D eigenvalue weighted by Gasteiger charge is -2.17. The number of nitro benzene ring substituents is 1. The van der Waals surface area contributed by atoms with Gasteiger partial charge in [-0.2, -0.15) is 0 Å². The van der Waals surface area contributed by atoms with Gasteiger partial charge in [0.15, 0.2) is 0 Å². The van der Waals surface area contributed by atoms with Crippen LogP contribution >= 0.6 is 0 Å². The van der Waals surface area contributed by atoms with E-state index in [1.54, 1.807) is 24.0 Å². The van der Waals surface area contributed by atoms with Crippen LogP contribution in [-0.2, 0) is 21.4 Å². The number of halogens is 1. The van der Waals surface area contributed by atoms with Crippen LogP contribution in [0.2, 0.25) is 0 Å². The monoisotopic (exact) mass is 421 g/mol. The van der Waals surface area contributed by atoms with Crippen LogP contribution in [-0.4, -0.2) is 37.2 Å². The molecule has 1 fully saturated rings. The zero-order valence-electron chi connectivity index (χ0n) is 15.7. The largest absolute Gasteiger partial charge is 0.338 e. The maximum Gasteiger partial charge on any atom is 0.270 e. The zero-order valence-corrected chi connectivity index (χ0v) is 16.5. The molecular weight excluding hydrogens is 401 g/mol. The van der Waals surface area contributed by atoms with Gasteiger partial charge in [0, 0.05) is 38.2 Å². The van der Waals surface area contributed by atoms with Gasteiger partial charge in [-0.05, 0) is 36.1 Å². The Morgan fingerprint density at radius 2 is 1.93 bits per heavy atom. The minimum Gasteiger partial charge on any atom is -0.338 e. The molecular formula is C19H20FN3O5S. The fraction of sp³-hybridized carbons (Fsp3) is 0.316. The second kappa shape index (κ2) is 8.26. The second-order valence-corrected chi connectivity index (χ2v) is 8.77. The number of non-ortho nitro benzene ring substituents is 1. The van der Waals surface area contributed by atoms with Crippen molar-refractivity contribution in [3.8, 4) is 0 Å². The van der Waals surface area contributed by atoms with Gasteiger partial charge in [-0.1, -0.05) is 18.2 Å². The van der Waals surface area contributed by atoms with Crippen LogP contribution in [0.5, 0.6) is 0 Å². The summed E-state index contributed by atoms with van der Waals surface area (Å²) in [6.07, 6.45) is 0.192. The molecule has 2 aromatic rings. The van der Waals surface area contributed by atoms with Gasteiger partial charge < -0.3 is 4.90 Å². The number of rotatable bonds is 7. The number of hydrogen-bond donors (Lipinski definition) is 1. The van der Waals surface area contributed by atoms with Crippen molar-refractivity contribution < 1.29 is 22.5 Å². The summed E-state index contributed by atoms with van der Waals surface area (Å²) in [7, 11) is -3.96. The highest BCUT2D eigenvalue weighted by Gasteiger charge is 2.31. The number of carbonyl (C=O) groups excluding carboxylic acids is 1. The van der Waals surface area contributed by atoms with E-state index in [1.807, 2.05) is 0 Å². The summed E-state index contributed by atoms with van der Waals surface area (Å²) in [5.74, 6) is -0.688. The summed E-state index contributed by atoms with van der Waals surface area (Å²) in [4.78, 5) is 23.9. The molecule has 0 bridgehead atoms. The van der Waals surface area contributed by atoms with Crippen LogP contribution < -0.4 is 4.72 Å². The maximum atomic E-state index is 13.0. The summed E-state index contributed by atoms with van der Waals surface area (Å²) >= 11 is 0. The molecule has 154 valence electrons. The minimum absolute atomic E-state index is 0.0378. The highest BCUT2D eigenvalue weighted by molar-refractivity contribution is 7.89. The van der Waals surface area contributed by atoms with Gasteiger partial charge in [-0.3, -0.25) is 14.9 Å². The van der Waals surface area contributed by atoms with E-state index in [0.717, 1.165) is 11.6 Å². The molecule has 2 aromatic carbocycles. The summed E-state index contributed by atoms with van der Waals surface area (Å²) in [5, 5.41) is 10.9. The Kier molecular flexibility index (Phi) is 5.94. The van der Waals surface area contributed by atoms with Crippen LogP contribution in [0.4, 0.5) is 10.1 Å². The maximum absolute atomic E-state index is 13.0. The molecule has 0 saturated carbocycles. The Labute approximate surface area is 167 Å². The SMILES string of the molecule is Cc1ccc([N+](=O)[O-])cc1S(=O)(=O)NCC1CC(=O)N(Cc2ccc(F)cc2)C1. The van der Waals surface area contributed by atoms with Crippen LogP contribution in [0.1, 0.15) is 17.5 Å². The standard InChI is InChI=1S/C19H20FN3O5S/c1-13-2-7-17(23(25)26)9-18(13)29(27,28)21-10-15-8-19(24)22(12-15)11-14-3-5-16(20)6-4-14/h2-7,9,15,21H,8,10-12H2,1H3. The van der Waals surface area contributed by atoms with E-state index >= 15 is 0 Å². The molecule has 1 aliphatic heterocycles. The number of amides is 1. The van der Waals surface area contributed by atoms with Crippen molar-refractivity contribution in [2.24, 2.45) is 5.92 Å². The molecule has 1 atom stereocenters. The summed E-state index contributed by atoms with van der Waals surface area (Å²) in [6.45, 7) is 2.29. The quantitative estimate of drug-likeness (QED) is 0.545. The number of nitrogens with zero attached hydrogens (tertiary/aromatic N) is 2. The van der Waals surface area contributed by atoms with Gasteiger partial charge in [0.25, 0.3) is 5.69 Å². The number of nitro groups is 1. The number of carbonyl (C=O) groups is 1. The molecule has 1 saturated heterocycles. The third-order valence-corrected chi connectivity index (χ3v) is 6.38. The van der Waals surface area contributed by atoms with Gasteiger partial charge in [0.2, 0.25) is 15.9 Å². The number of aryl methyl sites for hydroxylation is 1. The Morgan fingerprint density at radius 1 is 1.24 bits per heavy atom. The molecule has 1 amide bonds. The van der Waals surface area contributed by atoms with E-state index in [1.165, 1.54) is 24.3 Å². The first-order valence-corrected chi connectivity index (χ1v) is 10.4. The number of likely N-dealkylation sites (tertiary alicyclic amines) is 1. The van der Waals surface area contributed by atoms with Crippen molar-refractivity contribution in [2.45, 2.75) is 24.8 Å². The van der Waals surface area contributed by atoms with Crippen molar-refractivity contribution in [3.63, 3.8) is 0 Å². The molecule has 0 spiro atoms. The number of hydrogen-bond acceptors (Lipinski definition) is 5. The summed E-state index contributed by atoms with van der Waals surface area (Å²) < 4.78 is 40.7. The van der Waals surface area contributed by atoms with Gasteiger partial charge in [-0.25, -0.2) is 17.5 Å². The van der Waals surface area contributed by atoms with Crippen LogP contribution in [0.15, 0.2) is 47.4 Å². The van der Waals surface area contributed by atoms with Crippen molar-refractivity contribution in [3.05, 3.63) is 69.5 Å². The van der Waals surface area contributed by atoms with Gasteiger partial charge in [0.05, 0.1) is 9.82 Å². The predicted molar refractivity (Wildman–Crippen MR) is 103 cm³/mol. The van der Waals surface area contributed by atoms with E-state index in [2.05, 4.69) is 4.72 Å². The average Bonchev–Trinajstić information content (AvgIpc) is 3.01.